The SMILES string of the molecule is CCC(=O)Nc1ccc(OCC(=O)N2C[C@@H]3C(C)(C)C[C@]3(COC)C2)cc1. The molecule has 1 heterocycles. The predicted molar refractivity (Wildman–Crippen MR) is 104 cm³/mol. The molecule has 2 fully saturated rings. The summed E-state index contributed by atoms with van der Waals surface area (Å²) in [6, 6.07) is 7.09. The van der Waals surface area contributed by atoms with Crippen LogP contribution in [0.5, 0.6) is 5.75 Å². The van der Waals surface area contributed by atoms with E-state index < -0.39 is 0 Å². The summed E-state index contributed by atoms with van der Waals surface area (Å²) in [4.78, 5) is 26.0. The van der Waals surface area contributed by atoms with Crippen molar-refractivity contribution in [3.05, 3.63) is 24.3 Å². The van der Waals surface area contributed by atoms with E-state index >= 15 is 0 Å². The van der Waals surface area contributed by atoms with Crippen molar-refractivity contribution >= 4 is 17.5 Å². The van der Waals surface area contributed by atoms with Crippen LogP contribution in [0.1, 0.15) is 33.6 Å². The molecule has 1 N–H and O–H groups in total. The molecule has 0 radical (unpaired) electrons. The molecule has 148 valence electrons. The van der Waals surface area contributed by atoms with Gasteiger partial charge in [0.05, 0.1) is 6.61 Å². The first-order valence-corrected chi connectivity index (χ1v) is 9.59. The number of carbonyl (C=O) groups excluding carboxylic acids is 2. The number of nitrogens with one attached hydrogen (secondary N) is 1. The molecule has 27 heavy (non-hydrogen) atoms. The molecule has 1 aromatic carbocycles. The number of fused-ring (bicyclic) bond motifs is 1. The van der Waals surface area contributed by atoms with Gasteiger partial charge >= 0.3 is 0 Å². The Morgan fingerprint density at radius 3 is 2.56 bits per heavy atom. The number of rotatable bonds is 7. The van der Waals surface area contributed by atoms with E-state index in [9.17, 15) is 9.59 Å². The van der Waals surface area contributed by atoms with Crippen LogP contribution in [0.15, 0.2) is 24.3 Å². The number of anilines is 1. The standard InChI is InChI=1S/C21H30N2O4/c1-5-18(24)22-15-6-8-16(9-7-15)27-11-19(25)23-10-17-20(2,3)12-21(17,13-23)14-26-4/h6-9,17H,5,10-14H2,1-4H3,(H,22,24)/t17-,21-/m1/s1. The van der Waals surface area contributed by atoms with Crippen molar-refractivity contribution < 1.29 is 19.1 Å². The van der Waals surface area contributed by atoms with Gasteiger partial charge in [-0.3, -0.25) is 9.59 Å². The highest BCUT2D eigenvalue weighted by Crippen LogP contribution is 2.62. The first kappa shape index (κ1) is 19.7. The summed E-state index contributed by atoms with van der Waals surface area (Å²) >= 11 is 0. The van der Waals surface area contributed by atoms with Gasteiger partial charge in [0.1, 0.15) is 5.75 Å². The number of hydrogen-bond acceptors (Lipinski definition) is 4. The van der Waals surface area contributed by atoms with Gasteiger partial charge in [-0.1, -0.05) is 20.8 Å². The van der Waals surface area contributed by atoms with E-state index in [-0.39, 0.29) is 29.3 Å². The number of nitrogens with zero attached hydrogens (tertiary/aromatic N) is 1. The Labute approximate surface area is 161 Å². The first-order chi connectivity index (χ1) is 12.8. The summed E-state index contributed by atoms with van der Waals surface area (Å²) in [7, 11) is 1.73. The molecule has 1 saturated heterocycles. The fourth-order valence-corrected chi connectivity index (χ4v) is 4.92. The van der Waals surface area contributed by atoms with E-state index in [2.05, 4.69) is 19.2 Å². The highest BCUT2D eigenvalue weighted by atomic mass is 16.5. The third-order valence-corrected chi connectivity index (χ3v) is 6.00. The Bertz CT molecular complexity index is 701. The molecular formula is C21H30N2O4. The van der Waals surface area contributed by atoms with E-state index in [0.717, 1.165) is 25.2 Å². The van der Waals surface area contributed by atoms with E-state index in [0.29, 0.717) is 24.7 Å². The number of likely N-dealkylation sites (tertiary alicyclic amines) is 1. The minimum atomic E-state index is -0.0320. The molecule has 0 spiro atoms. The van der Waals surface area contributed by atoms with E-state index in [1.54, 1.807) is 38.3 Å². The van der Waals surface area contributed by atoms with Gasteiger partial charge in [-0.15, -0.1) is 0 Å². The van der Waals surface area contributed by atoms with Crippen LogP contribution in [-0.4, -0.2) is 50.1 Å². The number of methoxy groups -OCH3 is 1. The van der Waals surface area contributed by atoms with Crippen molar-refractivity contribution in [2.24, 2.45) is 16.7 Å². The molecule has 1 aliphatic carbocycles. The summed E-state index contributed by atoms with van der Waals surface area (Å²) < 4.78 is 11.1. The second-order valence-corrected chi connectivity index (χ2v) is 8.50. The van der Waals surface area contributed by atoms with E-state index in [1.165, 1.54) is 0 Å². The molecule has 2 atom stereocenters. The van der Waals surface area contributed by atoms with Crippen LogP contribution in [0.25, 0.3) is 0 Å². The lowest BCUT2D eigenvalue weighted by Crippen LogP contribution is -2.55. The van der Waals surface area contributed by atoms with Gasteiger partial charge in [0.2, 0.25) is 5.91 Å². The number of amides is 2. The minimum absolute atomic E-state index is 0.0130. The Hall–Kier alpha value is -2.08. The summed E-state index contributed by atoms with van der Waals surface area (Å²) in [5.74, 6) is 1.08. The number of ether oxygens (including phenoxy) is 2. The Kier molecular flexibility index (Phi) is 5.47. The van der Waals surface area contributed by atoms with Gasteiger partial charge in [-0.2, -0.15) is 0 Å². The van der Waals surface area contributed by atoms with Gasteiger partial charge in [0, 0.05) is 37.7 Å². The average molecular weight is 374 g/mol. The van der Waals surface area contributed by atoms with E-state index in [1.807, 2.05) is 4.90 Å². The molecule has 6 nitrogen and oxygen atoms in total. The molecule has 0 aromatic heterocycles. The van der Waals surface area contributed by atoms with E-state index in [4.69, 9.17) is 9.47 Å². The van der Waals surface area contributed by atoms with Gasteiger partial charge in [0.15, 0.2) is 6.61 Å². The van der Waals surface area contributed by atoms with Gasteiger partial charge < -0.3 is 19.7 Å². The molecule has 0 bridgehead atoms. The maximum absolute atomic E-state index is 12.6. The monoisotopic (exact) mass is 374 g/mol. The zero-order valence-electron chi connectivity index (χ0n) is 16.7. The highest BCUT2D eigenvalue weighted by molar-refractivity contribution is 5.90. The summed E-state index contributed by atoms with van der Waals surface area (Å²) in [6.07, 6.45) is 1.53. The molecule has 3 rings (SSSR count). The number of benzene rings is 1. The number of hydrogen-bond donors (Lipinski definition) is 1. The van der Waals surface area contributed by atoms with Crippen molar-refractivity contribution in [2.45, 2.75) is 33.6 Å². The summed E-state index contributed by atoms with van der Waals surface area (Å²) in [6.45, 7) is 8.61. The summed E-state index contributed by atoms with van der Waals surface area (Å²) in [5.41, 5.74) is 1.08. The quantitative estimate of drug-likeness (QED) is 0.797. The fourth-order valence-electron chi connectivity index (χ4n) is 4.92. The van der Waals surface area contributed by atoms with Gasteiger partial charge in [-0.05, 0) is 42.0 Å². The Morgan fingerprint density at radius 2 is 1.96 bits per heavy atom. The van der Waals surface area contributed by atoms with Crippen molar-refractivity contribution in [1.29, 1.82) is 0 Å². The largest absolute Gasteiger partial charge is 0.484 e. The highest BCUT2D eigenvalue weighted by Gasteiger charge is 2.63. The molecule has 1 saturated carbocycles. The molecule has 2 amide bonds. The van der Waals surface area contributed by atoms with Crippen LogP contribution in [0.2, 0.25) is 0 Å². The first-order valence-electron chi connectivity index (χ1n) is 9.59. The van der Waals surface area contributed by atoms with Crippen LogP contribution in [-0.2, 0) is 14.3 Å². The second-order valence-electron chi connectivity index (χ2n) is 8.50. The smallest absolute Gasteiger partial charge is 0.260 e. The molecule has 1 aromatic rings. The molecule has 1 aliphatic heterocycles. The third kappa shape index (κ3) is 3.95. The van der Waals surface area contributed by atoms with Crippen molar-refractivity contribution in [2.75, 3.05) is 38.7 Å². The van der Waals surface area contributed by atoms with Crippen LogP contribution in [0.3, 0.4) is 0 Å². The van der Waals surface area contributed by atoms with Crippen LogP contribution < -0.4 is 10.1 Å². The Morgan fingerprint density at radius 1 is 1.26 bits per heavy atom. The van der Waals surface area contributed by atoms with Crippen molar-refractivity contribution in [3.8, 4) is 5.75 Å². The molecule has 0 unspecified atom stereocenters. The van der Waals surface area contributed by atoms with Crippen molar-refractivity contribution in [1.82, 2.24) is 4.90 Å². The lowest BCUT2D eigenvalue weighted by molar-refractivity contribution is -0.133. The third-order valence-electron chi connectivity index (χ3n) is 6.00. The van der Waals surface area contributed by atoms with Crippen LogP contribution >= 0.6 is 0 Å². The Balaban J connectivity index is 1.53. The van der Waals surface area contributed by atoms with Crippen LogP contribution in [0, 0.1) is 16.7 Å². The molecule has 2 aliphatic rings. The van der Waals surface area contributed by atoms with Gasteiger partial charge in [0.25, 0.3) is 5.91 Å². The number of carbonyl (C=O) groups is 2. The normalized spacial score (nSPS) is 25.5. The minimum Gasteiger partial charge on any atom is -0.484 e. The lowest BCUT2D eigenvalue weighted by atomic mass is 9.48. The van der Waals surface area contributed by atoms with Gasteiger partial charge in [-0.25, -0.2) is 0 Å². The fraction of sp³-hybridized carbons (Fsp3) is 0.619. The lowest BCUT2D eigenvalue weighted by Gasteiger charge is -2.56. The second kappa shape index (κ2) is 7.50. The zero-order chi connectivity index (χ0) is 19.7. The molecule has 6 heteroatoms. The maximum atomic E-state index is 12.6. The maximum Gasteiger partial charge on any atom is 0.260 e. The predicted octanol–water partition coefficient (Wildman–Crippen LogP) is 2.94. The topological polar surface area (TPSA) is 67.9 Å². The van der Waals surface area contributed by atoms with Crippen molar-refractivity contribution in [3.63, 3.8) is 0 Å². The average Bonchev–Trinajstić information content (AvgIpc) is 2.95. The summed E-state index contributed by atoms with van der Waals surface area (Å²) in [5, 5.41) is 2.79. The van der Waals surface area contributed by atoms with Crippen LogP contribution in [0.4, 0.5) is 5.69 Å². The molecular weight excluding hydrogens is 344 g/mol. The zero-order valence-corrected chi connectivity index (χ0v) is 16.7.